The SMILES string of the molecule is CCc1cccc(NC(=O)c2nc(Nc3ccc(C)cc3)c3ccccc3n2)c1. The Labute approximate surface area is 169 Å². The summed E-state index contributed by atoms with van der Waals surface area (Å²) < 4.78 is 0. The highest BCUT2D eigenvalue weighted by Crippen LogP contribution is 2.24. The molecule has 0 atom stereocenters. The van der Waals surface area contributed by atoms with Crippen LogP contribution in [0.3, 0.4) is 0 Å². The Morgan fingerprint density at radius 3 is 2.48 bits per heavy atom. The van der Waals surface area contributed by atoms with Gasteiger partial charge in [-0.1, -0.05) is 48.9 Å². The quantitative estimate of drug-likeness (QED) is 0.478. The van der Waals surface area contributed by atoms with E-state index in [2.05, 4.69) is 27.5 Å². The van der Waals surface area contributed by atoms with E-state index in [9.17, 15) is 4.79 Å². The number of hydrogen-bond acceptors (Lipinski definition) is 4. The standard InChI is InChI=1S/C24H22N4O/c1-3-17-7-6-8-19(15-17)26-24(29)23-27-21-10-5-4-9-20(21)22(28-23)25-18-13-11-16(2)12-14-18/h4-15H,3H2,1-2H3,(H,26,29)(H,25,27,28). The number of nitrogens with zero attached hydrogens (tertiary/aromatic N) is 2. The zero-order chi connectivity index (χ0) is 20.2. The second kappa shape index (κ2) is 8.10. The fourth-order valence-corrected chi connectivity index (χ4v) is 3.10. The summed E-state index contributed by atoms with van der Waals surface area (Å²) in [5, 5.41) is 7.08. The summed E-state index contributed by atoms with van der Waals surface area (Å²) >= 11 is 0. The molecule has 1 aromatic heterocycles. The lowest BCUT2D eigenvalue weighted by atomic mass is 10.1. The van der Waals surface area contributed by atoms with Crippen LogP contribution in [0.5, 0.6) is 0 Å². The van der Waals surface area contributed by atoms with Crippen LogP contribution in [0.15, 0.2) is 72.8 Å². The summed E-state index contributed by atoms with van der Waals surface area (Å²) in [5.41, 5.74) is 4.69. The maximum absolute atomic E-state index is 12.8. The third-order valence-electron chi connectivity index (χ3n) is 4.71. The molecule has 1 heterocycles. The van der Waals surface area contributed by atoms with Gasteiger partial charge in [0.25, 0.3) is 5.91 Å². The van der Waals surface area contributed by atoms with E-state index in [1.54, 1.807) is 0 Å². The first kappa shape index (κ1) is 18.6. The zero-order valence-electron chi connectivity index (χ0n) is 16.4. The van der Waals surface area contributed by atoms with Crippen molar-refractivity contribution in [2.24, 2.45) is 0 Å². The van der Waals surface area contributed by atoms with Gasteiger partial charge in [0, 0.05) is 16.8 Å². The molecule has 0 radical (unpaired) electrons. The highest BCUT2D eigenvalue weighted by molar-refractivity contribution is 6.04. The summed E-state index contributed by atoms with van der Waals surface area (Å²) in [6.45, 7) is 4.12. The Kier molecular flexibility index (Phi) is 5.20. The lowest BCUT2D eigenvalue weighted by Crippen LogP contribution is -2.16. The third-order valence-corrected chi connectivity index (χ3v) is 4.71. The minimum atomic E-state index is -0.337. The maximum atomic E-state index is 12.8. The highest BCUT2D eigenvalue weighted by Gasteiger charge is 2.14. The molecule has 5 nitrogen and oxygen atoms in total. The van der Waals surface area contributed by atoms with Crippen molar-refractivity contribution in [2.45, 2.75) is 20.3 Å². The molecule has 29 heavy (non-hydrogen) atoms. The van der Waals surface area contributed by atoms with Crippen LogP contribution < -0.4 is 10.6 Å². The zero-order valence-corrected chi connectivity index (χ0v) is 16.4. The summed E-state index contributed by atoms with van der Waals surface area (Å²) in [6.07, 6.45) is 0.904. The van der Waals surface area contributed by atoms with Gasteiger partial charge >= 0.3 is 0 Å². The fourth-order valence-electron chi connectivity index (χ4n) is 3.10. The lowest BCUT2D eigenvalue weighted by molar-refractivity contribution is 0.101. The average molecular weight is 382 g/mol. The van der Waals surface area contributed by atoms with Gasteiger partial charge in [-0.3, -0.25) is 4.79 Å². The van der Waals surface area contributed by atoms with Gasteiger partial charge in [-0.25, -0.2) is 9.97 Å². The van der Waals surface area contributed by atoms with Gasteiger partial charge in [-0.2, -0.15) is 0 Å². The molecule has 0 spiro atoms. The van der Waals surface area contributed by atoms with Crippen LogP contribution in [0.4, 0.5) is 17.2 Å². The monoisotopic (exact) mass is 382 g/mol. The van der Waals surface area contributed by atoms with Gasteiger partial charge in [-0.05, 0) is 55.3 Å². The normalized spacial score (nSPS) is 10.7. The maximum Gasteiger partial charge on any atom is 0.293 e. The topological polar surface area (TPSA) is 66.9 Å². The first-order valence-corrected chi connectivity index (χ1v) is 9.63. The first-order chi connectivity index (χ1) is 14.1. The molecule has 1 amide bonds. The van der Waals surface area contributed by atoms with Crippen molar-refractivity contribution in [1.82, 2.24) is 9.97 Å². The molecule has 0 saturated heterocycles. The van der Waals surface area contributed by atoms with Crippen LogP contribution in [0.2, 0.25) is 0 Å². The van der Waals surface area contributed by atoms with E-state index in [-0.39, 0.29) is 11.7 Å². The number of anilines is 3. The van der Waals surface area contributed by atoms with Crippen molar-refractivity contribution in [3.05, 3.63) is 89.7 Å². The van der Waals surface area contributed by atoms with E-state index >= 15 is 0 Å². The van der Waals surface area contributed by atoms with Crippen LogP contribution in [0, 0.1) is 6.92 Å². The number of fused-ring (bicyclic) bond motifs is 1. The number of carbonyl (C=O) groups excluding carboxylic acids is 1. The molecule has 0 aliphatic rings. The molecule has 0 bridgehead atoms. The predicted molar refractivity (Wildman–Crippen MR) is 118 cm³/mol. The van der Waals surface area contributed by atoms with E-state index < -0.39 is 0 Å². The van der Waals surface area contributed by atoms with Gasteiger partial charge in [0.2, 0.25) is 5.82 Å². The molecular weight excluding hydrogens is 360 g/mol. The van der Waals surface area contributed by atoms with E-state index in [1.165, 1.54) is 5.56 Å². The molecule has 0 unspecified atom stereocenters. The van der Waals surface area contributed by atoms with Crippen LogP contribution in [-0.4, -0.2) is 15.9 Å². The summed E-state index contributed by atoms with van der Waals surface area (Å²) in [5.74, 6) is 0.392. The van der Waals surface area contributed by atoms with E-state index in [0.29, 0.717) is 11.3 Å². The number of aromatic nitrogens is 2. The summed E-state index contributed by atoms with van der Waals surface area (Å²) in [6, 6.07) is 23.5. The molecule has 2 N–H and O–H groups in total. The third kappa shape index (κ3) is 4.24. The van der Waals surface area contributed by atoms with Crippen molar-refractivity contribution in [1.29, 1.82) is 0 Å². The van der Waals surface area contributed by atoms with E-state index in [0.717, 1.165) is 28.7 Å². The second-order valence-electron chi connectivity index (χ2n) is 6.91. The van der Waals surface area contributed by atoms with E-state index in [4.69, 9.17) is 0 Å². The van der Waals surface area contributed by atoms with Gasteiger partial charge in [-0.15, -0.1) is 0 Å². The molecule has 0 aliphatic heterocycles. The van der Waals surface area contributed by atoms with Gasteiger partial charge in [0.15, 0.2) is 0 Å². The number of carbonyl (C=O) groups is 1. The molecule has 144 valence electrons. The van der Waals surface area contributed by atoms with Crippen molar-refractivity contribution >= 4 is 34.0 Å². The molecule has 0 fully saturated rings. The molecule has 4 rings (SSSR count). The molecule has 5 heteroatoms. The lowest BCUT2D eigenvalue weighted by Gasteiger charge is -2.11. The minimum Gasteiger partial charge on any atom is -0.340 e. The van der Waals surface area contributed by atoms with E-state index in [1.807, 2.05) is 79.7 Å². The van der Waals surface area contributed by atoms with Crippen LogP contribution in [0.25, 0.3) is 10.9 Å². The molecule has 4 aromatic rings. The smallest absolute Gasteiger partial charge is 0.293 e. The molecular formula is C24H22N4O. The highest BCUT2D eigenvalue weighted by atomic mass is 16.2. The van der Waals surface area contributed by atoms with Gasteiger partial charge in [0.05, 0.1) is 5.52 Å². The summed E-state index contributed by atoms with van der Waals surface area (Å²) in [7, 11) is 0. The largest absolute Gasteiger partial charge is 0.340 e. The number of benzene rings is 3. The Bertz CT molecular complexity index is 1170. The Hall–Kier alpha value is -3.73. The fraction of sp³-hybridized carbons (Fsp3) is 0.125. The molecule has 3 aromatic carbocycles. The Morgan fingerprint density at radius 1 is 0.897 bits per heavy atom. The number of aryl methyl sites for hydroxylation is 2. The van der Waals surface area contributed by atoms with Gasteiger partial charge < -0.3 is 10.6 Å². The van der Waals surface area contributed by atoms with Crippen LogP contribution >= 0.6 is 0 Å². The van der Waals surface area contributed by atoms with Gasteiger partial charge in [0.1, 0.15) is 5.82 Å². The van der Waals surface area contributed by atoms with Crippen molar-refractivity contribution in [3.8, 4) is 0 Å². The average Bonchev–Trinajstić information content (AvgIpc) is 2.75. The Balaban J connectivity index is 1.69. The molecule has 0 aliphatic carbocycles. The Morgan fingerprint density at radius 2 is 1.69 bits per heavy atom. The number of nitrogens with one attached hydrogen (secondary N) is 2. The van der Waals surface area contributed by atoms with Crippen molar-refractivity contribution in [3.63, 3.8) is 0 Å². The van der Waals surface area contributed by atoms with Crippen LogP contribution in [-0.2, 0) is 6.42 Å². The van der Waals surface area contributed by atoms with Crippen LogP contribution in [0.1, 0.15) is 28.7 Å². The minimum absolute atomic E-state index is 0.125. The predicted octanol–water partition coefficient (Wildman–Crippen LogP) is 5.50. The molecule has 0 saturated carbocycles. The number of hydrogen-bond donors (Lipinski definition) is 2. The van der Waals surface area contributed by atoms with Crippen molar-refractivity contribution < 1.29 is 4.79 Å². The van der Waals surface area contributed by atoms with Crippen molar-refractivity contribution in [2.75, 3.05) is 10.6 Å². The number of amides is 1. The number of rotatable bonds is 5. The number of para-hydroxylation sites is 1. The summed E-state index contributed by atoms with van der Waals surface area (Å²) in [4.78, 5) is 21.8. The first-order valence-electron chi connectivity index (χ1n) is 9.63. The second-order valence-corrected chi connectivity index (χ2v) is 6.91.